The molecule has 0 radical (unpaired) electrons. The Bertz CT molecular complexity index is 802. The van der Waals surface area contributed by atoms with E-state index in [0.29, 0.717) is 12.1 Å². The Morgan fingerprint density at radius 3 is 2.88 bits per heavy atom. The van der Waals surface area contributed by atoms with Gasteiger partial charge in [0.1, 0.15) is 0 Å². The number of nitrogens with zero attached hydrogens (tertiary/aromatic N) is 2. The molecule has 1 aliphatic rings. The molecule has 25 heavy (non-hydrogen) atoms. The van der Waals surface area contributed by atoms with Gasteiger partial charge in [-0.05, 0) is 32.8 Å². The predicted octanol–water partition coefficient (Wildman–Crippen LogP) is 2.92. The van der Waals surface area contributed by atoms with Crippen LogP contribution in [-0.4, -0.2) is 34.3 Å². The molecule has 0 aromatic carbocycles. The summed E-state index contributed by atoms with van der Waals surface area (Å²) in [6, 6.07) is 1.24. The summed E-state index contributed by atoms with van der Waals surface area (Å²) in [7, 11) is 0. The fourth-order valence-corrected chi connectivity index (χ4v) is 4.67. The van der Waals surface area contributed by atoms with Crippen molar-refractivity contribution in [1.82, 2.24) is 9.88 Å². The molecule has 2 aromatic rings. The zero-order valence-corrected chi connectivity index (χ0v) is 15.5. The topological polar surface area (TPSA) is 88.3 Å². The lowest BCUT2D eigenvalue weighted by Crippen LogP contribution is -2.41. The van der Waals surface area contributed by atoms with E-state index in [1.54, 1.807) is 11.8 Å². The Balaban J connectivity index is 1.79. The Kier molecular flexibility index (Phi) is 5.16. The molecule has 9 heteroatoms. The summed E-state index contributed by atoms with van der Waals surface area (Å²) in [4.78, 5) is 32.1. The van der Waals surface area contributed by atoms with Crippen LogP contribution in [0.2, 0.25) is 0 Å². The third kappa shape index (κ3) is 3.73. The summed E-state index contributed by atoms with van der Waals surface area (Å²) in [5, 5.41) is 2.39. The minimum absolute atomic E-state index is 0.0407. The number of likely N-dealkylation sites (tertiary alicyclic amines) is 1. The van der Waals surface area contributed by atoms with Crippen LogP contribution in [0.4, 0.5) is 9.52 Å². The fourth-order valence-electron chi connectivity index (χ4n) is 2.96. The second-order valence-electron chi connectivity index (χ2n) is 6.02. The number of aromatic nitrogens is 1. The SMILES string of the molecule is Cc1sc(C2CCCN2C(=O)[C@H](C)N)cc1C(=O)Nc1ncc(F)s1. The lowest BCUT2D eigenvalue weighted by atomic mass is 10.1. The van der Waals surface area contributed by atoms with Crippen molar-refractivity contribution in [1.29, 1.82) is 0 Å². The van der Waals surface area contributed by atoms with Gasteiger partial charge in [-0.3, -0.25) is 14.9 Å². The molecule has 1 saturated heterocycles. The van der Waals surface area contributed by atoms with Gasteiger partial charge < -0.3 is 10.6 Å². The summed E-state index contributed by atoms with van der Waals surface area (Å²) in [6.45, 7) is 4.23. The third-order valence-electron chi connectivity index (χ3n) is 4.13. The highest BCUT2D eigenvalue weighted by molar-refractivity contribution is 7.14. The average molecular weight is 382 g/mol. The molecule has 1 fully saturated rings. The largest absolute Gasteiger partial charge is 0.334 e. The molecule has 3 heterocycles. The monoisotopic (exact) mass is 382 g/mol. The smallest absolute Gasteiger partial charge is 0.258 e. The molecule has 134 valence electrons. The molecule has 2 aromatic heterocycles. The number of amides is 2. The number of nitrogens with one attached hydrogen (secondary N) is 1. The molecule has 0 aliphatic carbocycles. The number of carbonyl (C=O) groups is 2. The van der Waals surface area contributed by atoms with E-state index in [2.05, 4.69) is 10.3 Å². The molecular formula is C16H19FN4O2S2. The number of thiophene rings is 1. The second kappa shape index (κ2) is 7.19. The van der Waals surface area contributed by atoms with Crippen LogP contribution in [0.1, 0.15) is 45.9 Å². The van der Waals surface area contributed by atoms with E-state index in [0.717, 1.165) is 40.1 Å². The van der Waals surface area contributed by atoms with Crippen molar-refractivity contribution in [3.05, 3.63) is 32.7 Å². The molecule has 1 unspecified atom stereocenters. The van der Waals surface area contributed by atoms with Crippen molar-refractivity contribution < 1.29 is 14.0 Å². The highest BCUT2D eigenvalue weighted by Gasteiger charge is 2.33. The second-order valence-corrected chi connectivity index (χ2v) is 8.29. The Hall–Kier alpha value is -1.84. The number of rotatable bonds is 4. The standard InChI is InChI=1S/C16H19FN4O2S2/c1-8(18)15(23)21-5-3-4-11(21)12-6-10(9(2)24-12)14(22)20-16-19-7-13(17)25-16/h6-8,11H,3-5,18H2,1-2H3,(H,19,20,22)/t8-,11?/m0/s1. The summed E-state index contributed by atoms with van der Waals surface area (Å²) in [5.41, 5.74) is 6.26. The van der Waals surface area contributed by atoms with Crippen molar-refractivity contribution in [2.45, 2.75) is 38.8 Å². The number of anilines is 1. The maximum atomic E-state index is 13.0. The Labute approximate surface area is 152 Å². The lowest BCUT2D eigenvalue weighted by molar-refractivity contribution is -0.133. The maximum absolute atomic E-state index is 13.0. The highest BCUT2D eigenvalue weighted by atomic mass is 32.1. The van der Waals surface area contributed by atoms with Gasteiger partial charge in [0, 0.05) is 16.3 Å². The maximum Gasteiger partial charge on any atom is 0.258 e. The number of thiazole rings is 1. The molecule has 0 spiro atoms. The van der Waals surface area contributed by atoms with Gasteiger partial charge in [0.15, 0.2) is 10.3 Å². The molecule has 2 atom stereocenters. The highest BCUT2D eigenvalue weighted by Crippen LogP contribution is 2.37. The lowest BCUT2D eigenvalue weighted by Gasteiger charge is -2.25. The molecule has 3 N–H and O–H groups in total. The van der Waals surface area contributed by atoms with Crippen LogP contribution in [0.25, 0.3) is 0 Å². The Morgan fingerprint density at radius 2 is 2.24 bits per heavy atom. The number of carbonyl (C=O) groups excluding carboxylic acids is 2. The summed E-state index contributed by atoms with van der Waals surface area (Å²) in [6.07, 6.45) is 2.85. The number of nitrogens with two attached hydrogens (primary N) is 1. The first-order chi connectivity index (χ1) is 11.9. The van der Waals surface area contributed by atoms with Crippen LogP contribution < -0.4 is 11.1 Å². The number of aryl methyl sites for hydroxylation is 1. The van der Waals surface area contributed by atoms with E-state index in [4.69, 9.17) is 5.73 Å². The van der Waals surface area contributed by atoms with Crippen LogP contribution in [0.5, 0.6) is 0 Å². The average Bonchev–Trinajstić information content (AvgIpc) is 3.26. The summed E-state index contributed by atoms with van der Waals surface area (Å²) in [5.74, 6) is -0.393. The zero-order valence-electron chi connectivity index (χ0n) is 13.9. The van der Waals surface area contributed by atoms with E-state index >= 15 is 0 Å². The summed E-state index contributed by atoms with van der Waals surface area (Å²) < 4.78 is 13.0. The normalized spacial score (nSPS) is 18.4. The van der Waals surface area contributed by atoms with Crippen molar-refractivity contribution in [3.8, 4) is 0 Å². The number of halogens is 1. The molecule has 0 bridgehead atoms. The first-order valence-electron chi connectivity index (χ1n) is 7.96. The minimum Gasteiger partial charge on any atom is -0.334 e. The van der Waals surface area contributed by atoms with Crippen molar-refractivity contribution in [2.24, 2.45) is 5.73 Å². The van der Waals surface area contributed by atoms with Gasteiger partial charge in [0.05, 0.1) is 23.8 Å². The minimum atomic E-state index is -0.538. The van der Waals surface area contributed by atoms with Gasteiger partial charge in [-0.2, -0.15) is 4.39 Å². The van der Waals surface area contributed by atoms with Crippen molar-refractivity contribution >= 4 is 39.6 Å². The van der Waals surface area contributed by atoms with Gasteiger partial charge in [-0.15, -0.1) is 11.3 Å². The van der Waals surface area contributed by atoms with Crippen LogP contribution in [0.15, 0.2) is 12.3 Å². The van der Waals surface area contributed by atoms with Crippen LogP contribution in [0.3, 0.4) is 0 Å². The molecule has 1 aliphatic heterocycles. The third-order valence-corrected chi connectivity index (χ3v) is 5.99. The first kappa shape index (κ1) is 18.0. The van der Waals surface area contributed by atoms with Gasteiger partial charge in [-0.1, -0.05) is 11.3 Å². The number of hydrogen-bond acceptors (Lipinski definition) is 6. The van der Waals surface area contributed by atoms with Crippen molar-refractivity contribution in [3.63, 3.8) is 0 Å². The molecule has 2 amide bonds. The van der Waals surface area contributed by atoms with Crippen LogP contribution in [0, 0.1) is 12.1 Å². The van der Waals surface area contributed by atoms with Crippen LogP contribution in [-0.2, 0) is 4.79 Å². The Morgan fingerprint density at radius 1 is 1.48 bits per heavy atom. The summed E-state index contributed by atoms with van der Waals surface area (Å²) >= 11 is 2.29. The van der Waals surface area contributed by atoms with E-state index in [1.807, 2.05) is 13.0 Å². The fraction of sp³-hybridized carbons (Fsp3) is 0.438. The molecule has 0 saturated carbocycles. The van der Waals surface area contributed by atoms with E-state index < -0.39 is 11.2 Å². The number of hydrogen-bond donors (Lipinski definition) is 2. The van der Waals surface area contributed by atoms with Crippen molar-refractivity contribution in [2.75, 3.05) is 11.9 Å². The quantitative estimate of drug-likeness (QED) is 0.851. The van der Waals surface area contributed by atoms with Gasteiger partial charge in [0.25, 0.3) is 5.91 Å². The molecular weight excluding hydrogens is 363 g/mol. The van der Waals surface area contributed by atoms with E-state index in [9.17, 15) is 14.0 Å². The molecule has 6 nitrogen and oxygen atoms in total. The van der Waals surface area contributed by atoms with Gasteiger partial charge in [-0.25, -0.2) is 4.98 Å². The van der Waals surface area contributed by atoms with Crippen LogP contribution >= 0.6 is 22.7 Å². The van der Waals surface area contributed by atoms with E-state index in [-0.39, 0.29) is 23.0 Å². The molecule has 3 rings (SSSR count). The first-order valence-corrected chi connectivity index (χ1v) is 9.59. The zero-order chi connectivity index (χ0) is 18.1. The van der Waals surface area contributed by atoms with Gasteiger partial charge >= 0.3 is 0 Å². The predicted molar refractivity (Wildman–Crippen MR) is 96.4 cm³/mol. The van der Waals surface area contributed by atoms with Gasteiger partial charge in [0.2, 0.25) is 5.91 Å². The van der Waals surface area contributed by atoms with E-state index in [1.165, 1.54) is 11.3 Å².